The number of carbonyl (C=O) groups excluding carboxylic acids is 4. The van der Waals surface area contributed by atoms with E-state index in [9.17, 15) is 19.2 Å². The van der Waals surface area contributed by atoms with Crippen LogP contribution in [0.4, 0.5) is 11.5 Å². The molecule has 3 aromatic rings. The predicted octanol–water partition coefficient (Wildman–Crippen LogP) is 4.30. The number of amides is 4. The van der Waals surface area contributed by atoms with Crippen molar-refractivity contribution in [1.29, 1.82) is 0 Å². The van der Waals surface area contributed by atoms with Gasteiger partial charge in [-0.1, -0.05) is 6.07 Å². The van der Waals surface area contributed by atoms with Crippen LogP contribution in [0.2, 0.25) is 0 Å². The van der Waals surface area contributed by atoms with E-state index in [0.29, 0.717) is 35.5 Å². The van der Waals surface area contributed by atoms with Crippen molar-refractivity contribution in [1.82, 2.24) is 30.0 Å². The van der Waals surface area contributed by atoms with E-state index in [1.165, 1.54) is 18.4 Å². The van der Waals surface area contributed by atoms with Crippen LogP contribution in [-0.4, -0.2) is 131 Å². The molecule has 60 heavy (non-hydrogen) atoms. The molecule has 5 fully saturated rings. The Morgan fingerprint density at radius 2 is 1.55 bits per heavy atom. The summed E-state index contributed by atoms with van der Waals surface area (Å²) in [6, 6.07) is 13.4. The number of hydrogen-bond acceptors (Lipinski definition) is 12. The summed E-state index contributed by atoms with van der Waals surface area (Å²) in [5.74, 6) is 1.33. The van der Waals surface area contributed by atoms with Gasteiger partial charge in [0.1, 0.15) is 29.5 Å². The number of rotatable bonds is 10. The van der Waals surface area contributed by atoms with Crippen LogP contribution in [0.1, 0.15) is 103 Å². The van der Waals surface area contributed by atoms with Gasteiger partial charge in [-0.25, -0.2) is 9.97 Å². The summed E-state index contributed by atoms with van der Waals surface area (Å²) in [6.07, 6.45) is 8.78. The zero-order valence-corrected chi connectivity index (χ0v) is 34.8. The number of likely N-dealkylation sites (tertiary alicyclic amines) is 1. The van der Waals surface area contributed by atoms with Crippen LogP contribution < -0.4 is 19.9 Å². The minimum atomic E-state index is -0.951. The van der Waals surface area contributed by atoms with Crippen LogP contribution in [-0.2, 0) is 16.1 Å². The Balaban J connectivity index is 0.672. The number of carbonyl (C=O) groups is 4. The van der Waals surface area contributed by atoms with Crippen molar-refractivity contribution in [2.45, 2.75) is 89.4 Å². The smallest absolute Gasteiger partial charge is 0.262 e. The van der Waals surface area contributed by atoms with Gasteiger partial charge >= 0.3 is 0 Å². The molecule has 10 rings (SSSR count). The molecule has 314 valence electrons. The van der Waals surface area contributed by atoms with Gasteiger partial charge in [0.05, 0.1) is 29.1 Å². The second-order valence-electron chi connectivity index (χ2n) is 18.4. The van der Waals surface area contributed by atoms with Crippen LogP contribution in [0.25, 0.3) is 0 Å². The van der Waals surface area contributed by atoms with Crippen LogP contribution >= 0.6 is 0 Å². The molecule has 1 unspecified atom stereocenters. The number of aliphatic imine (C=N–C) groups is 1. The van der Waals surface area contributed by atoms with Gasteiger partial charge in [0.15, 0.2) is 0 Å². The molecule has 2 atom stereocenters. The fraction of sp³-hybridized carbons (Fsp3) is 0.543. The molecule has 14 heteroatoms. The number of piperidine rings is 3. The van der Waals surface area contributed by atoms with Crippen LogP contribution in [0.5, 0.6) is 5.75 Å². The fourth-order valence-electron chi connectivity index (χ4n) is 10.2. The number of aromatic nitrogens is 2. The van der Waals surface area contributed by atoms with E-state index >= 15 is 0 Å². The first-order chi connectivity index (χ1) is 29.1. The number of anilines is 2. The van der Waals surface area contributed by atoms with E-state index in [-0.39, 0.29) is 24.3 Å². The quantitative estimate of drug-likeness (QED) is 0.293. The SMILES string of the molecule is C[C@H]1CN(c2cc(C3=NCc4ccc(OC5(C)CC5)cc43)ncn2)CCN1CC1CCN(CC2CCN(c3ccc4c(c3)C(=O)N(C3CCC(=O)NC3=O)C4=O)CC2)CC1. The highest BCUT2D eigenvalue weighted by molar-refractivity contribution is 6.23. The highest BCUT2D eigenvalue weighted by atomic mass is 16.5. The van der Waals surface area contributed by atoms with E-state index in [1.807, 2.05) is 12.1 Å². The minimum Gasteiger partial charge on any atom is -0.488 e. The lowest BCUT2D eigenvalue weighted by atomic mass is 9.92. The monoisotopic (exact) mass is 813 g/mol. The van der Waals surface area contributed by atoms with Crippen molar-refractivity contribution < 1.29 is 23.9 Å². The van der Waals surface area contributed by atoms with Crippen molar-refractivity contribution in [3.8, 4) is 5.75 Å². The molecule has 2 aromatic carbocycles. The molecule has 7 heterocycles. The van der Waals surface area contributed by atoms with Crippen molar-refractivity contribution in [3.63, 3.8) is 0 Å². The minimum absolute atomic E-state index is 0.0258. The first-order valence-corrected chi connectivity index (χ1v) is 22.1. The number of nitrogens with one attached hydrogen (secondary N) is 1. The van der Waals surface area contributed by atoms with Gasteiger partial charge in [-0.2, -0.15) is 0 Å². The van der Waals surface area contributed by atoms with Gasteiger partial charge in [0, 0.05) is 75.6 Å². The Morgan fingerprint density at radius 1 is 0.783 bits per heavy atom. The number of benzene rings is 2. The number of fused-ring (bicyclic) bond motifs is 2. The number of imide groups is 2. The van der Waals surface area contributed by atoms with E-state index in [2.05, 4.69) is 68.0 Å². The van der Waals surface area contributed by atoms with Crippen molar-refractivity contribution in [3.05, 3.63) is 76.7 Å². The van der Waals surface area contributed by atoms with E-state index in [0.717, 1.165) is 124 Å². The topological polar surface area (TPSA) is 144 Å². The van der Waals surface area contributed by atoms with Crippen molar-refractivity contribution >= 4 is 40.8 Å². The van der Waals surface area contributed by atoms with Gasteiger partial charge in [-0.05, 0) is 120 Å². The first-order valence-electron chi connectivity index (χ1n) is 22.1. The zero-order chi connectivity index (χ0) is 41.1. The summed E-state index contributed by atoms with van der Waals surface area (Å²) < 4.78 is 6.27. The molecule has 6 aliphatic heterocycles. The summed E-state index contributed by atoms with van der Waals surface area (Å²) in [7, 11) is 0. The predicted molar refractivity (Wildman–Crippen MR) is 227 cm³/mol. The molecule has 1 N–H and O–H groups in total. The molecule has 14 nitrogen and oxygen atoms in total. The largest absolute Gasteiger partial charge is 0.488 e. The normalized spacial score (nSPS) is 25.0. The van der Waals surface area contributed by atoms with Crippen LogP contribution in [0, 0.1) is 11.8 Å². The lowest BCUT2D eigenvalue weighted by molar-refractivity contribution is -0.136. The summed E-state index contributed by atoms with van der Waals surface area (Å²) in [5, 5.41) is 2.26. The average molecular weight is 814 g/mol. The summed E-state index contributed by atoms with van der Waals surface area (Å²) >= 11 is 0. The third kappa shape index (κ3) is 7.68. The Kier molecular flexibility index (Phi) is 10.2. The highest BCUT2D eigenvalue weighted by Crippen LogP contribution is 2.40. The first kappa shape index (κ1) is 39.0. The summed E-state index contributed by atoms with van der Waals surface area (Å²) in [5.41, 5.74) is 5.71. The number of piperazine rings is 1. The Morgan fingerprint density at radius 3 is 2.32 bits per heavy atom. The van der Waals surface area contributed by atoms with Crippen LogP contribution in [0.15, 0.2) is 53.8 Å². The molecule has 0 radical (unpaired) electrons. The summed E-state index contributed by atoms with van der Waals surface area (Å²) in [4.78, 5) is 76.0. The molecule has 1 aromatic heterocycles. The Labute approximate surface area is 351 Å². The van der Waals surface area contributed by atoms with E-state index < -0.39 is 23.8 Å². The van der Waals surface area contributed by atoms with Gasteiger partial charge in [0.2, 0.25) is 11.8 Å². The Bertz CT molecular complexity index is 2240. The number of nitrogens with zero attached hydrogens (tertiary/aromatic N) is 8. The third-order valence-electron chi connectivity index (χ3n) is 14.2. The van der Waals surface area contributed by atoms with E-state index in [1.54, 1.807) is 12.4 Å². The highest BCUT2D eigenvalue weighted by Gasteiger charge is 2.45. The molecule has 4 amide bonds. The molecule has 7 aliphatic rings. The lowest BCUT2D eigenvalue weighted by Gasteiger charge is -2.43. The standard InChI is InChI=1S/C46H55N9O5/c1-29-25-54(40-23-38(48-28-49-40)42-36-22-34(60-46(2)13-14-46)5-3-32(36)24-47-42)20-19-53(29)27-31-9-15-51(16-10-31)26-30-11-17-52(18-12-30)33-4-6-35-37(21-33)45(59)55(44(35)58)39-7-8-41(56)50-43(39)57/h3-6,21-23,28-31,39H,7-20,24-27H2,1-2H3,(H,50,56,57)/t29-,39?/m0/s1. The number of ether oxygens (including phenoxy) is 1. The van der Waals surface area contributed by atoms with Gasteiger partial charge < -0.3 is 19.4 Å². The zero-order valence-electron chi connectivity index (χ0n) is 34.8. The van der Waals surface area contributed by atoms with Gasteiger partial charge in [-0.3, -0.25) is 39.3 Å². The van der Waals surface area contributed by atoms with E-state index in [4.69, 9.17) is 14.7 Å². The lowest BCUT2D eigenvalue weighted by Crippen LogP contribution is -2.54. The summed E-state index contributed by atoms with van der Waals surface area (Å²) in [6.45, 7) is 14.5. The number of hydrogen-bond donors (Lipinski definition) is 1. The third-order valence-corrected chi connectivity index (χ3v) is 14.2. The van der Waals surface area contributed by atoms with Crippen molar-refractivity contribution in [2.24, 2.45) is 16.8 Å². The van der Waals surface area contributed by atoms with Crippen LogP contribution in [0.3, 0.4) is 0 Å². The Hall–Kier alpha value is -5.21. The maximum atomic E-state index is 13.4. The second kappa shape index (κ2) is 15.7. The molecule has 4 saturated heterocycles. The molecule has 0 bridgehead atoms. The van der Waals surface area contributed by atoms with Gasteiger partial charge in [0.25, 0.3) is 11.8 Å². The second-order valence-corrected chi connectivity index (χ2v) is 18.4. The van der Waals surface area contributed by atoms with Crippen molar-refractivity contribution in [2.75, 3.05) is 68.7 Å². The average Bonchev–Trinajstić information content (AvgIpc) is 3.74. The molecule has 1 saturated carbocycles. The fourth-order valence-corrected chi connectivity index (χ4v) is 10.2. The maximum absolute atomic E-state index is 13.4. The molecule has 1 aliphatic carbocycles. The molecular formula is C46H55N9O5. The molecule has 0 spiro atoms. The molecular weight excluding hydrogens is 759 g/mol. The maximum Gasteiger partial charge on any atom is 0.262 e. The van der Waals surface area contributed by atoms with Gasteiger partial charge in [-0.15, -0.1) is 0 Å².